The quantitative estimate of drug-likeness (QED) is 0.866. The van der Waals surface area contributed by atoms with E-state index in [1.807, 2.05) is 0 Å². The van der Waals surface area contributed by atoms with Gasteiger partial charge in [0.2, 0.25) is 0 Å². The van der Waals surface area contributed by atoms with Crippen LogP contribution in [-0.2, 0) is 20.1 Å². The molecule has 0 fully saturated rings. The number of ether oxygens (including phenoxy) is 1. The molecule has 0 spiro atoms. The first-order valence-corrected chi connectivity index (χ1v) is 5.74. The molecule has 0 saturated heterocycles. The Labute approximate surface area is 109 Å². The predicted molar refractivity (Wildman–Crippen MR) is 64.6 cm³/mol. The standard InChI is InChI=1S/C12H14F2N4O/c1-18-8-10(16-17-18)7-15-6-9-4-2-3-5-11(9)19-12(13)14/h2-5,8,12,15H,6-7H2,1H3. The summed E-state index contributed by atoms with van der Waals surface area (Å²) in [5.74, 6) is 0.184. The molecule has 5 nitrogen and oxygen atoms in total. The number of alkyl halides is 2. The zero-order valence-electron chi connectivity index (χ0n) is 10.4. The Morgan fingerprint density at radius 1 is 1.32 bits per heavy atom. The van der Waals surface area contributed by atoms with Crippen molar-refractivity contribution in [3.05, 3.63) is 41.7 Å². The number of halogens is 2. The van der Waals surface area contributed by atoms with Gasteiger partial charge in [0.1, 0.15) is 5.75 Å². The van der Waals surface area contributed by atoms with Crippen LogP contribution in [0.4, 0.5) is 8.78 Å². The van der Waals surface area contributed by atoms with Crippen molar-refractivity contribution >= 4 is 0 Å². The SMILES string of the molecule is Cn1cc(CNCc2ccccc2OC(F)F)nn1. The van der Waals surface area contributed by atoms with Gasteiger partial charge in [0.15, 0.2) is 0 Å². The Bertz CT molecular complexity index is 530. The minimum atomic E-state index is -2.82. The molecule has 0 unspecified atom stereocenters. The lowest BCUT2D eigenvalue weighted by molar-refractivity contribution is -0.0505. The Kier molecular flexibility index (Phi) is 4.40. The van der Waals surface area contributed by atoms with Gasteiger partial charge in [-0.2, -0.15) is 8.78 Å². The Hall–Kier alpha value is -2.02. The smallest absolute Gasteiger partial charge is 0.387 e. The third kappa shape index (κ3) is 3.99. The van der Waals surface area contributed by atoms with Gasteiger partial charge in [0.25, 0.3) is 0 Å². The Morgan fingerprint density at radius 2 is 2.11 bits per heavy atom. The van der Waals surface area contributed by atoms with Gasteiger partial charge in [-0.3, -0.25) is 4.68 Å². The molecule has 0 aliphatic rings. The lowest BCUT2D eigenvalue weighted by atomic mass is 10.2. The van der Waals surface area contributed by atoms with E-state index in [4.69, 9.17) is 0 Å². The Balaban J connectivity index is 1.92. The molecule has 0 aliphatic carbocycles. The average molecular weight is 268 g/mol. The second kappa shape index (κ2) is 6.24. The van der Waals surface area contributed by atoms with E-state index < -0.39 is 6.61 Å². The van der Waals surface area contributed by atoms with Crippen molar-refractivity contribution in [2.45, 2.75) is 19.7 Å². The highest BCUT2D eigenvalue weighted by Gasteiger charge is 2.08. The topological polar surface area (TPSA) is 52.0 Å². The van der Waals surface area contributed by atoms with E-state index >= 15 is 0 Å². The maximum Gasteiger partial charge on any atom is 0.387 e. The van der Waals surface area contributed by atoms with Crippen LogP contribution in [-0.4, -0.2) is 21.6 Å². The van der Waals surface area contributed by atoms with Crippen molar-refractivity contribution < 1.29 is 13.5 Å². The van der Waals surface area contributed by atoms with Gasteiger partial charge in [-0.05, 0) is 6.07 Å². The van der Waals surface area contributed by atoms with Gasteiger partial charge in [-0.15, -0.1) is 5.10 Å². The van der Waals surface area contributed by atoms with E-state index in [0.717, 1.165) is 5.69 Å². The number of hydrogen-bond donors (Lipinski definition) is 1. The van der Waals surface area contributed by atoms with Crippen LogP contribution in [0.1, 0.15) is 11.3 Å². The van der Waals surface area contributed by atoms with Crippen LogP contribution >= 0.6 is 0 Å². The maximum absolute atomic E-state index is 12.2. The fourth-order valence-corrected chi connectivity index (χ4v) is 1.66. The molecule has 0 saturated carbocycles. The molecular weight excluding hydrogens is 254 g/mol. The number of nitrogens with zero attached hydrogens (tertiary/aromatic N) is 3. The largest absolute Gasteiger partial charge is 0.434 e. The molecule has 1 N–H and O–H groups in total. The first kappa shape index (κ1) is 13.4. The summed E-state index contributed by atoms with van der Waals surface area (Å²) in [5.41, 5.74) is 1.46. The second-order valence-corrected chi connectivity index (χ2v) is 3.97. The van der Waals surface area contributed by atoms with Crippen LogP contribution in [0, 0.1) is 0 Å². The molecule has 1 aromatic carbocycles. The van der Waals surface area contributed by atoms with Gasteiger partial charge in [-0.25, -0.2) is 0 Å². The van der Waals surface area contributed by atoms with Crippen LogP contribution in [0.5, 0.6) is 5.75 Å². The van der Waals surface area contributed by atoms with E-state index in [1.165, 1.54) is 6.07 Å². The van der Waals surface area contributed by atoms with Crippen molar-refractivity contribution in [1.29, 1.82) is 0 Å². The van der Waals surface area contributed by atoms with Gasteiger partial charge in [0.05, 0.1) is 5.69 Å². The summed E-state index contributed by atoms with van der Waals surface area (Å²) < 4.78 is 30.5. The van der Waals surface area contributed by atoms with Crippen LogP contribution in [0.3, 0.4) is 0 Å². The van der Waals surface area contributed by atoms with E-state index in [-0.39, 0.29) is 5.75 Å². The summed E-state index contributed by atoms with van der Waals surface area (Å²) >= 11 is 0. The van der Waals surface area contributed by atoms with Crippen molar-refractivity contribution in [2.75, 3.05) is 0 Å². The fourth-order valence-electron chi connectivity index (χ4n) is 1.66. The van der Waals surface area contributed by atoms with E-state index in [0.29, 0.717) is 18.7 Å². The van der Waals surface area contributed by atoms with Gasteiger partial charge in [-0.1, -0.05) is 23.4 Å². The minimum Gasteiger partial charge on any atom is -0.434 e. The third-order valence-electron chi connectivity index (χ3n) is 2.46. The van der Waals surface area contributed by atoms with Crippen LogP contribution < -0.4 is 10.1 Å². The molecule has 19 heavy (non-hydrogen) atoms. The summed E-state index contributed by atoms with van der Waals surface area (Å²) in [6.07, 6.45) is 1.79. The average Bonchev–Trinajstić information content (AvgIpc) is 2.77. The molecular formula is C12H14F2N4O. The Morgan fingerprint density at radius 3 is 2.79 bits per heavy atom. The van der Waals surface area contributed by atoms with Crippen LogP contribution in [0.15, 0.2) is 30.5 Å². The molecule has 0 aliphatic heterocycles. The van der Waals surface area contributed by atoms with Crippen LogP contribution in [0.2, 0.25) is 0 Å². The molecule has 7 heteroatoms. The third-order valence-corrected chi connectivity index (χ3v) is 2.46. The number of rotatable bonds is 6. The highest BCUT2D eigenvalue weighted by atomic mass is 19.3. The number of para-hydroxylation sites is 1. The molecule has 102 valence electrons. The summed E-state index contributed by atoms with van der Waals surface area (Å²) in [5, 5.41) is 10.8. The number of benzene rings is 1. The van der Waals surface area contributed by atoms with Crippen molar-refractivity contribution in [3.8, 4) is 5.75 Å². The predicted octanol–water partition coefficient (Wildman–Crippen LogP) is 1.71. The van der Waals surface area contributed by atoms with Gasteiger partial charge >= 0.3 is 6.61 Å². The van der Waals surface area contributed by atoms with E-state index in [1.54, 1.807) is 36.1 Å². The highest BCUT2D eigenvalue weighted by molar-refractivity contribution is 5.33. The number of hydrogen-bond acceptors (Lipinski definition) is 4. The van der Waals surface area contributed by atoms with Crippen LogP contribution in [0.25, 0.3) is 0 Å². The zero-order valence-corrected chi connectivity index (χ0v) is 10.4. The summed E-state index contributed by atoms with van der Waals surface area (Å²) in [7, 11) is 1.78. The van der Waals surface area contributed by atoms with E-state index in [2.05, 4.69) is 20.4 Å². The molecule has 2 aromatic rings. The molecule has 0 bridgehead atoms. The fraction of sp³-hybridized carbons (Fsp3) is 0.333. The monoisotopic (exact) mass is 268 g/mol. The lowest BCUT2D eigenvalue weighted by Crippen LogP contribution is -2.14. The molecule has 0 amide bonds. The molecule has 0 atom stereocenters. The summed E-state index contributed by atoms with van der Waals surface area (Å²) in [6, 6.07) is 6.69. The maximum atomic E-state index is 12.2. The van der Waals surface area contributed by atoms with Crippen molar-refractivity contribution in [3.63, 3.8) is 0 Å². The molecule has 2 rings (SSSR count). The minimum absolute atomic E-state index is 0.184. The number of aromatic nitrogens is 3. The number of aryl methyl sites for hydroxylation is 1. The normalized spacial score (nSPS) is 10.9. The van der Waals surface area contributed by atoms with Crippen molar-refractivity contribution in [2.24, 2.45) is 7.05 Å². The molecule has 0 radical (unpaired) electrons. The van der Waals surface area contributed by atoms with Crippen molar-refractivity contribution in [1.82, 2.24) is 20.3 Å². The first-order valence-electron chi connectivity index (χ1n) is 5.74. The molecule has 1 aromatic heterocycles. The van der Waals surface area contributed by atoms with E-state index in [9.17, 15) is 8.78 Å². The summed E-state index contributed by atoms with van der Waals surface area (Å²) in [6.45, 7) is -1.89. The zero-order chi connectivity index (χ0) is 13.7. The summed E-state index contributed by atoms with van der Waals surface area (Å²) in [4.78, 5) is 0. The highest BCUT2D eigenvalue weighted by Crippen LogP contribution is 2.19. The number of nitrogens with one attached hydrogen (secondary N) is 1. The first-order chi connectivity index (χ1) is 9.15. The lowest BCUT2D eigenvalue weighted by Gasteiger charge is -2.10. The van der Waals surface area contributed by atoms with Gasteiger partial charge < -0.3 is 10.1 Å². The molecule has 1 heterocycles. The van der Waals surface area contributed by atoms with Gasteiger partial charge in [0, 0.05) is 31.9 Å². The second-order valence-electron chi connectivity index (χ2n) is 3.97.